The van der Waals surface area contributed by atoms with Crippen LogP contribution in [0.2, 0.25) is 0 Å². The third kappa shape index (κ3) is 1.95. The van der Waals surface area contributed by atoms with E-state index in [1.807, 2.05) is 0 Å². The first-order valence-corrected chi connectivity index (χ1v) is 5.97. The van der Waals surface area contributed by atoms with Crippen molar-refractivity contribution in [3.8, 4) is 0 Å². The molecule has 98 valence electrons. The Bertz CT molecular complexity index is 750. The molecule has 0 spiro atoms. The number of nitrogens with zero attached hydrogens (tertiary/aromatic N) is 1. The fourth-order valence-corrected chi connectivity index (χ4v) is 2.14. The van der Waals surface area contributed by atoms with E-state index in [-0.39, 0.29) is 11.5 Å². The van der Waals surface area contributed by atoms with Crippen molar-refractivity contribution in [2.24, 2.45) is 0 Å². The zero-order valence-corrected chi connectivity index (χ0v) is 10.3. The molecule has 0 atom stereocenters. The Balaban J connectivity index is 2.14. The van der Waals surface area contributed by atoms with Crippen LogP contribution >= 0.6 is 0 Å². The zero-order valence-electron chi connectivity index (χ0n) is 10.3. The monoisotopic (exact) mass is 266 g/mol. The maximum atomic E-state index is 11.9. The minimum absolute atomic E-state index is 0.158. The first kappa shape index (κ1) is 12.1. The van der Waals surface area contributed by atoms with E-state index >= 15 is 0 Å². The summed E-state index contributed by atoms with van der Waals surface area (Å²) in [6.07, 6.45) is 3.17. The van der Waals surface area contributed by atoms with Crippen LogP contribution < -0.4 is 5.32 Å². The normalized spacial score (nSPS) is 15.0. The smallest absolute Gasteiger partial charge is 0.336 e. The van der Waals surface area contributed by atoms with Gasteiger partial charge < -0.3 is 10.4 Å². The molecule has 2 aromatic rings. The molecule has 0 radical (unpaired) electrons. The van der Waals surface area contributed by atoms with Crippen LogP contribution in [0.1, 0.15) is 21.5 Å². The van der Waals surface area contributed by atoms with Crippen molar-refractivity contribution in [2.75, 3.05) is 5.32 Å². The molecule has 2 heterocycles. The summed E-state index contributed by atoms with van der Waals surface area (Å²) in [6.45, 7) is 0. The van der Waals surface area contributed by atoms with E-state index in [0.717, 1.165) is 0 Å². The number of aromatic carboxylic acids is 1. The van der Waals surface area contributed by atoms with E-state index in [4.69, 9.17) is 5.11 Å². The molecule has 0 aliphatic carbocycles. The third-order valence-electron chi connectivity index (χ3n) is 3.07. The minimum Gasteiger partial charge on any atom is -0.478 e. The van der Waals surface area contributed by atoms with Gasteiger partial charge in [0.15, 0.2) is 0 Å². The predicted molar refractivity (Wildman–Crippen MR) is 74.1 cm³/mol. The summed E-state index contributed by atoms with van der Waals surface area (Å²) in [7, 11) is 0. The summed E-state index contributed by atoms with van der Waals surface area (Å²) in [4.78, 5) is 27.2. The van der Waals surface area contributed by atoms with Gasteiger partial charge in [-0.2, -0.15) is 0 Å². The first-order chi connectivity index (χ1) is 9.66. The van der Waals surface area contributed by atoms with Crippen LogP contribution in [0.3, 0.4) is 0 Å². The molecule has 1 amide bonds. The van der Waals surface area contributed by atoms with E-state index < -0.39 is 5.97 Å². The van der Waals surface area contributed by atoms with Crippen LogP contribution in [0.25, 0.3) is 11.6 Å². The van der Waals surface area contributed by atoms with Gasteiger partial charge in [0, 0.05) is 11.8 Å². The van der Waals surface area contributed by atoms with E-state index in [1.165, 1.54) is 6.07 Å². The number of hydrogen-bond donors (Lipinski definition) is 2. The van der Waals surface area contributed by atoms with Crippen molar-refractivity contribution < 1.29 is 14.7 Å². The number of rotatable bonds is 2. The Morgan fingerprint density at radius 1 is 1.20 bits per heavy atom. The molecule has 1 aliphatic heterocycles. The molecule has 20 heavy (non-hydrogen) atoms. The van der Waals surface area contributed by atoms with Crippen molar-refractivity contribution in [2.45, 2.75) is 0 Å². The number of nitrogens with one attached hydrogen (secondary N) is 1. The Morgan fingerprint density at radius 2 is 2.00 bits per heavy atom. The molecule has 1 aromatic carbocycles. The lowest BCUT2D eigenvalue weighted by molar-refractivity contribution is -0.110. The fraction of sp³-hybridized carbons (Fsp3) is 0. The minimum atomic E-state index is -1.03. The van der Waals surface area contributed by atoms with Gasteiger partial charge in [-0.25, -0.2) is 9.78 Å². The average Bonchev–Trinajstić information content (AvgIpc) is 2.76. The second kappa shape index (κ2) is 4.62. The lowest BCUT2D eigenvalue weighted by Crippen LogP contribution is -2.05. The van der Waals surface area contributed by atoms with Crippen molar-refractivity contribution in [1.82, 2.24) is 4.98 Å². The lowest BCUT2D eigenvalue weighted by atomic mass is 10.0. The number of carboxylic acid groups (broad SMARTS) is 1. The largest absolute Gasteiger partial charge is 0.478 e. The van der Waals surface area contributed by atoms with Crippen molar-refractivity contribution in [3.63, 3.8) is 0 Å². The van der Waals surface area contributed by atoms with Gasteiger partial charge in [0.25, 0.3) is 5.91 Å². The summed E-state index contributed by atoms with van der Waals surface area (Å²) in [6, 6.07) is 10.1. The number of carbonyl (C=O) groups is 2. The van der Waals surface area contributed by atoms with Gasteiger partial charge in [0.2, 0.25) is 0 Å². The highest BCUT2D eigenvalue weighted by atomic mass is 16.4. The lowest BCUT2D eigenvalue weighted by Gasteiger charge is -2.02. The van der Waals surface area contributed by atoms with E-state index in [2.05, 4.69) is 10.3 Å². The molecule has 1 aliphatic rings. The average molecular weight is 266 g/mol. The third-order valence-corrected chi connectivity index (χ3v) is 3.07. The number of carboxylic acids is 1. The summed E-state index contributed by atoms with van der Waals surface area (Å²) in [5.74, 6) is -0.808. The van der Waals surface area contributed by atoms with Gasteiger partial charge in [-0.1, -0.05) is 18.2 Å². The maximum Gasteiger partial charge on any atom is 0.336 e. The molecule has 0 bridgehead atoms. The van der Waals surface area contributed by atoms with Gasteiger partial charge in [-0.3, -0.25) is 4.79 Å². The molecule has 0 fully saturated rings. The second-order valence-corrected chi connectivity index (χ2v) is 4.30. The fourth-order valence-electron chi connectivity index (χ4n) is 2.14. The van der Waals surface area contributed by atoms with Crippen LogP contribution in [-0.4, -0.2) is 22.0 Å². The van der Waals surface area contributed by atoms with Crippen LogP contribution in [0.4, 0.5) is 5.82 Å². The second-order valence-electron chi connectivity index (χ2n) is 4.30. The summed E-state index contributed by atoms with van der Waals surface area (Å²) in [5, 5.41) is 11.8. The molecule has 1 aromatic heterocycles. The number of aromatic nitrogens is 1. The molecule has 5 heteroatoms. The topological polar surface area (TPSA) is 79.3 Å². The van der Waals surface area contributed by atoms with Gasteiger partial charge in [0.05, 0.1) is 11.1 Å². The molecular formula is C15H10N2O3. The van der Waals surface area contributed by atoms with Gasteiger partial charge >= 0.3 is 5.97 Å². The Morgan fingerprint density at radius 3 is 2.80 bits per heavy atom. The summed E-state index contributed by atoms with van der Waals surface area (Å²) in [5.41, 5.74) is 1.74. The Hall–Kier alpha value is -2.95. The Kier molecular flexibility index (Phi) is 2.80. The highest BCUT2D eigenvalue weighted by molar-refractivity contribution is 6.34. The van der Waals surface area contributed by atoms with Crippen LogP contribution in [-0.2, 0) is 4.79 Å². The van der Waals surface area contributed by atoms with E-state index in [9.17, 15) is 9.59 Å². The number of hydrogen-bond acceptors (Lipinski definition) is 3. The number of pyridine rings is 1. The first-order valence-electron chi connectivity index (χ1n) is 5.97. The standard InChI is InChI=1S/C15H10N2O3/c18-14-12(11-6-3-7-16-13(11)17-14)8-9-4-1-2-5-10(9)15(19)20/h1-8H,(H,19,20)(H,16,17,18). The maximum absolute atomic E-state index is 11.9. The number of anilines is 1. The van der Waals surface area contributed by atoms with Crippen molar-refractivity contribution >= 4 is 29.3 Å². The van der Waals surface area contributed by atoms with Gasteiger partial charge in [-0.05, 0) is 29.8 Å². The zero-order chi connectivity index (χ0) is 14.1. The molecule has 3 rings (SSSR count). The highest BCUT2D eigenvalue weighted by Crippen LogP contribution is 2.31. The predicted octanol–water partition coefficient (Wildman–Crippen LogP) is 2.27. The SMILES string of the molecule is O=C1Nc2ncccc2C1=Cc1ccccc1C(=O)O. The molecule has 0 saturated heterocycles. The molecule has 5 nitrogen and oxygen atoms in total. The number of amides is 1. The van der Waals surface area contributed by atoms with Gasteiger partial charge in [-0.15, -0.1) is 0 Å². The van der Waals surface area contributed by atoms with Crippen molar-refractivity contribution in [1.29, 1.82) is 0 Å². The molecule has 0 saturated carbocycles. The highest BCUT2D eigenvalue weighted by Gasteiger charge is 2.25. The van der Waals surface area contributed by atoms with E-state index in [0.29, 0.717) is 22.5 Å². The molecular weight excluding hydrogens is 256 g/mol. The number of carbonyl (C=O) groups excluding carboxylic acids is 1. The van der Waals surface area contributed by atoms with Crippen LogP contribution in [0, 0.1) is 0 Å². The van der Waals surface area contributed by atoms with E-state index in [1.54, 1.807) is 42.6 Å². The number of fused-ring (bicyclic) bond motifs is 1. The van der Waals surface area contributed by atoms with Gasteiger partial charge in [0.1, 0.15) is 5.82 Å². The quantitative estimate of drug-likeness (QED) is 0.817. The number of benzene rings is 1. The van der Waals surface area contributed by atoms with Crippen LogP contribution in [0.5, 0.6) is 0 Å². The summed E-state index contributed by atoms with van der Waals surface area (Å²) < 4.78 is 0. The molecule has 0 unspecified atom stereocenters. The summed E-state index contributed by atoms with van der Waals surface area (Å²) >= 11 is 0. The van der Waals surface area contributed by atoms with Crippen LogP contribution in [0.15, 0.2) is 42.6 Å². The van der Waals surface area contributed by atoms with Crippen molar-refractivity contribution in [3.05, 3.63) is 59.3 Å². The Labute approximate surface area is 114 Å². The molecule has 2 N–H and O–H groups in total.